The number of aromatic hydroxyl groups is 6. The van der Waals surface area contributed by atoms with Crippen molar-refractivity contribution in [3.05, 3.63) is 53.1 Å². The van der Waals surface area contributed by atoms with Crippen molar-refractivity contribution in [2.45, 2.75) is 20.8 Å². The van der Waals surface area contributed by atoms with Crippen LogP contribution in [0.15, 0.2) is 36.4 Å². The fourth-order valence-electron chi connectivity index (χ4n) is 3.64. The van der Waals surface area contributed by atoms with Crippen LogP contribution in [0.5, 0.6) is 34.5 Å². The fraction of sp³-hybridized carbons (Fsp3) is 0.125. The third kappa shape index (κ3) is 3.91. The molecular weight excluding hydrogens is 426 g/mol. The number of phenolic OH excluding ortho intramolecular Hbond substituents is 6. The third-order valence-corrected chi connectivity index (χ3v) is 5.03. The average molecular weight is 447 g/mol. The Kier molecular flexibility index (Phi) is 5.17. The van der Waals surface area contributed by atoms with E-state index in [0.29, 0.717) is 16.7 Å². The van der Waals surface area contributed by atoms with Gasteiger partial charge in [-0.05, 0) is 73.9 Å². The molecule has 33 heavy (non-hydrogen) atoms. The molecule has 0 fully saturated rings. The number of phenols is 6. The van der Waals surface area contributed by atoms with E-state index in [-0.39, 0.29) is 68.7 Å². The van der Waals surface area contributed by atoms with Gasteiger partial charge in [-0.1, -0.05) is 0 Å². The maximum atomic E-state index is 10.5. The van der Waals surface area contributed by atoms with Gasteiger partial charge in [-0.25, -0.2) is 15.0 Å². The summed E-state index contributed by atoms with van der Waals surface area (Å²) in [6.45, 7) is 5.04. The molecule has 0 aliphatic heterocycles. The number of nitrogens with zero attached hydrogens (tertiary/aromatic N) is 3. The lowest BCUT2D eigenvalue weighted by Gasteiger charge is -2.14. The number of benzene rings is 3. The van der Waals surface area contributed by atoms with Gasteiger partial charge in [-0.3, -0.25) is 0 Å². The Labute approximate surface area is 188 Å². The van der Waals surface area contributed by atoms with Gasteiger partial charge in [0.05, 0.1) is 0 Å². The van der Waals surface area contributed by atoms with Crippen LogP contribution in [0.4, 0.5) is 0 Å². The van der Waals surface area contributed by atoms with Crippen molar-refractivity contribution in [1.29, 1.82) is 0 Å². The number of hydrogen-bond donors (Lipinski definition) is 6. The Morgan fingerprint density at radius 3 is 0.758 bits per heavy atom. The van der Waals surface area contributed by atoms with Gasteiger partial charge >= 0.3 is 0 Å². The van der Waals surface area contributed by atoms with Crippen LogP contribution >= 0.6 is 0 Å². The van der Waals surface area contributed by atoms with Gasteiger partial charge in [0, 0.05) is 0 Å². The van der Waals surface area contributed by atoms with E-state index in [2.05, 4.69) is 15.0 Å². The smallest absolute Gasteiger partial charge is 0.171 e. The summed E-state index contributed by atoms with van der Waals surface area (Å²) in [5.74, 6) is -2.50. The van der Waals surface area contributed by atoms with Crippen LogP contribution in [0.2, 0.25) is 0 Å². The molecule has 0 aliphatic rings. The second kappa shape index (κ2) is 7.86. The van der Waals surface area contributed by atoms with Crippen LogP contribution in [0.1, 0.15) is 16.7 Å². The predicted molar refractivity (Wildman–Crippen MR) is 120 cm³/mol. The molecule has 0 amide bonds. The summed E-state index contributed by atoms with van der Waals surface area (Å²) in [6.07, 6.45) is 0. The second-order valence-corrected chi connectivity index (χ2v) is 7.84. The molecule has 0 spiro atoms. The Morgan fingerprint density at radius 2 is 0.576 bits per heavy atom. The van der Waals surface area contributed by atoms with Crippen molar-refractivity contribution < 1.29 is 30.6 Å². The summed E-state index contributed by atoms with van der Waals surface area (Å²) in [4.78, 5) is 12.8. The van der Waals surface area contributed by atoms with Gasteiger partial charge in [0.1, 0.15) is 51.2 Å². The van der Waals surface area contributed by atoms with Crippen LogP contribution in [-0.2, 0) is 0 Å². The van der Waals surface area contributed by atoms with Gasteiger partial charge in [0.25, 0.3) is 0 Å². The number of aromatic nitrogens is 3. The summed E-state index contributed by atoms with van der Waals surface area (Å²) in [6, 6.07) is 8.42. The van der Waals surface area contributed by atoms with Crippen LogP contribution < -0.4 is 0 Å². The van der Waals surface area contributed by atoms with E-state index in [1.54, 1.807) is 20.8 Å². The Morgan fingerprint density at radius 1 is 0.394 bits per heavy atom. The van der Waals surface area contributed by atoms with E-state index in [1.165, 1.54) is 36.4 Å². The van der Waals surface area contributed by atoms with Gasteiger partial charge in [-0.15, -0.1) is 0 Å². The molecule has 0 atom stereocenters. The number of rotatable bonds is 3. The van der Waals surface area contributed by atoms with Crippen LogP contribution in [0, 0.1) is 20.8 Å². The lowest BCUT2D eigenvalue weighted by atomic mass is 10.1. The van der Waals surface area contributed by atoms with Crippen LogP contribution in [0.3, 0.4) is 0 Å². The molecule has 4 rings (SSSR count). The van der Waals surface area contributed by atoms with Gasteiger partial charge in [0.15, 0.2) is 17.5 Å². The fourth-order valence-corrected chi connectivity index (χ4v) is 3.64. The molecule has 1 aromatic heterocycles. The van der Waals surface area contributed by atoms with Crippen molar-refractivity contribution in [1.82, 2.24) is 15.0 Å². The largest absolute Gasteiger partial charge is 0.507 e. The van der Waals surface area contributed by atoms with Crippen molar-refractivity contribution in [2.75, 3.05) is 0 Å². The first-order valence-corrected chi connectivity index (χ1v) is 9.90. The van der Waals surface area contributed by atoms with E-state index in [1.807, 2.05) is 0 Å². The topological polar surface area (TPSA) is 160 Å². The Hall–Kier alpha value is -4.53. The number of hydrogen-bond acceptors (Lipinski definition) is 9. The average Bonchev–Trinajstić information content (AvgIpc) is 2.65. The van der Waals surface area contributed by atoms with E-state index in [0.717, 1.165) is 0 Å². The monoisotopic (exact) mass is 447 g/mol. The summed E-state index contributed by atoms with van der Waals surface area (Å²) < 4.78 is 0. The third-order valence-electron chi connectivity index (χ3n) is 5.03. The van der Waals surface area contributed by atoms with E-state index < -0.39 is 0 Å². The van der Waals surface area contributed by atoms with Gasteiger partial charge < -0.3 is 30.6 Å². The first-order valence-electron chi connectivity index (χ1n) is 9.90. The SMILES string of the molecule is Cc1cc(O)c(-c2nc(-c3c(O)cc(C)cc3O)nc(-c3c(O)cc(C)cc3O)n2)c(O)c1. The predicted octanol–water partition coefficient (Wildman–Crippen LogP) is 4.03. The Bertz CT molecular complexity index is 1170. The summed E-state index contributed by atoms with van der Waals surface area (Å²) in [7, 11) is 0. The second-order valence-electron chi connectivity index (χ2n) is 7.84. The Balaban J connectivity index is 2.08. The van der Waals surface area contributed by atoms with Crippen molar-refractivity contribution in [3.8, 4) is 68.7 Å². The molecule has 9 heteroatoms. The molecule has 1 heterocycles. The minimum atomic E-state index is -0.315. The summed E-state index contributed by atoms with van der Waals surface area (Å²) in [5.41, 5.74) is 1.40. The first-order chi connectivity index (χ1) is 15.5. The zero-order valence-corrected chi connectivity index (χ0v) is 18.0. The van der Waals surface area contributed by atoms with Crippen molar-refractivity contribution in [3.63, 3.8) is 0 Å². The quantitative estimate of drug-likeness (QED) is 0.272. The maximum absolute atomic E-state index is 10.5. The molecule has 0 saturated heterocycles. The summed E-state index contributed by atoms with van der Waals surface area (Å²) >= 11 is 0. The highest BCUT2D eigenvalue weighted by Gasteiger charge is 2.24. The van der Waals surface area contributed by atoms with Crippen molar-refractivity contribution >= 4 is 0 Å². The lowest BCUT2D eigenvalue weighted by molar-refractivity contribution is 0.452. The van der Waals surface area contributed by atoms with E-state index in [9.17, 15) is 30.6 Å². The molecule has 9 nitrogen and oxygen atoms in total. The minimum Gasteiger partial charge on any atom is -0.507 e. The van der Waals surface area contributed by atoms with Gasteiger partial charge in [-0.2, -0.15) is 0 Å². The zero-order valence-electron chi connectivity index (χ0n) is 18.0. The lowest BCUT2D eigenvalue weighted by Crippen LogP contribution is -2.02. The molecule has 6 N–H and O–H groups in total. The van der Waals surface area contributed by atoms with Crippen molar-refractivity contribution in [2.24, 2.45) is 0 Å². The summed E-state index contributed by atoms with van der Waals surface area (Å²) in [5, 5.41) is 62.9. The molecule has 168 valence electrons. The molecule has 0 saturated carbocycles. The molecule has 3 aromatic carbocycles. The highest BCUT2D eigenvalue weighted by Crippen LogP contribution is 2.43. The standard InChI is InChI=1S/C24H21N3O6/c1-10-4-13(28)19(14(29)5-10)22-25-23(20-15(30)6-11(2)7-16(20)31)27-24(26-22)21-17(32)8-12(3)9-18(21)33/h4-9,28-33H,1-3H3. The van der Waals surface area contributed by atoms with Crippen LogP contribution in [-0.4, -0.2) is 45.6 Å². The highest BCUT2D eigenvalue weighted by molar-refractivity contribution is 5.80. The molecular formula is C24H21N3O6. The van der Waals surface area contributed by atoms with E-state index >= 15 is 0 Å². The highest BCUT2D eigenvalue weighted by atomic mass is 16.3. The minimum absolute atomic E-state index is 0.123. The molecule has 0 bridgehead atoms. The molecule has 4 aromatic rings. The number of aryl methyl sites for hydroxylation is 3. The maximum Gasteiger partial charge on any atom is 0.171 e. The van der Waals surface area contributed by atoms with E-state index in [4.69, 9.17) is 0 Å². The zero-order chi connectivity index (χ0) is 24.0. The van der Waals surface area contributed by atoms with Gasteiger partial charge in [0.2, 0.25) is 0 Å². The molecule has 0 aliphatic carbocycles. The first kappa shape index (κ1) is 21.7. The van der Waals surface area contributed by atoms with Crippen LogP contribution in [0.25, 0.3) is 34.2 Å². The normalized spacial score (nSPS) is 11.0. The molecule has 0 radical (unpaired) electrons. The molecule has 0 unspecified atom stereocenters.